The van der Waals surface area contributed by atoms with E-state index >= 15 is 0 Å². The lowest BCUT2D eigenvalue weighted by molar-refractivity contribution is -0.120. The normalized spacial score (nSPS) is 11.3. The number of carbonyl (C=O) groups is 1. The van der Waals surface area contributed by atoms with Gasteiger partial charge in [0.05, 0.1) is 10.2 Å². The average molecular weight is 446 g/mol. The van der Waals surface area contributed by atoms with E-state index < -0.39 is 0 Å². The van der Waals surface area contributed by atoms with Crippen LogP contribution < -0.4 is 9.64 Å². The lowest BCUT2D eigenvalue weighted by Crippen LogP contribution is -2.41. The number of anilines is 1. The number of aromatic nitrogens is 1. The highest BCUT2D eigenvalue weighted by Gasteiger charge is 2.22. The first kappa shape index (κ1) is 22.5. The lowest BCUT2D eigenvalue weighted by Gasteiger charge is -2.24. The van der Waals surface area contributed by atoms with Crippen molar-refractivity contribution in [2.45, 2.75) is 27.7 Å². The molecule has 3 aromatic rings. The van der Waals surface area contributed by atoms with Gasteiger partial charge in [-0.3, -0.25) is 9.69 Å². The summed E-state index contributed by atoms with van der Waals surface area (Å²) in [5.41, 5.74) is 2.79. The molecule has 0 N–H and O–H groups in total. The molecule has 160 valence electrons. The summed E-state index contributed by atoms with van der Waals surface area (Å²) in [6.07, 6.45) is 0. The molecule has 0 unspecified atom stereocenters. The number of halogens is 1. The molecule has 30 heavy (non-hydrogen) atoms. The summed E-state index contributed by atoms with van der Waals surface area (Å²) in [4.78, 5) is 22.0. The molecule has 0 saturated carbocycles. The third kappa shape index (κ3) is 5.12. The SMILES string of the molecule is CCN(CC)CCN(C(=O)COc1ccccc1C)c1nc2c(C)c(Cl)ccc2s1. The van der Waals surface area contributed by atoms with Gasteiger partial charge < -0.3 is 9.64 Å². The minimum Gasteiger partial charge on any atom is -0.483 e. The molecule has 0 aliphatic heterocycles. The highest BCUT2D eigenvalue weighted by molar-refractivity contribution is 7.22. The molecule has 0 saturated heterocycles. The smallest absolute Gasteiger partial charge is 0.266 e. The highest BCUT2D eigenvalue weighted by atomic mass is 35.5. The topological polar surface area (TPSA) is 45.7 Å². The Kier molecular flexibility index (Phi) is 7.69. The number of hydrogen-bond acceptors (Lipinski definition) is 5. The Balaban J connectivity index is 1.85. The molecule has 0 fully saturated rings. The van der Waals surface area contributed by atoms with Crippen molar-refractivity contribution >= 4 is 44.2 Å². The molecular formula is C23H28ClN3O2S. The number of para-hydroxylation sites is 1. The van der Waals surface area contributed by atoms with Gasteiger partial charge in [-0.1, -0.05) is 55.0 Å². The van der Waals surface area contributed by atoms with Crippen molar-refractivity contribution in [2.75, 3.05) is 37.7 Å². The Morgan fingerprint density at radius 2 is 1.83 bits per heavy atom. The van der Waals surface area contributed by atoms with E-state index in [4.69, 9.17) is 21.3 Å². The van der Waals surface area contributed by atoms with E-state index in [0.29, 0.717) is 16.7 Å². The van der Waals surface area contributed by atoms with Gasteiger partial charge in [-0.2, -0.15) is 0 Å². The van der Waals surface area contributed by atoms with E-state index in [0.717, 1.165) is 46.7 Å². The van der Waals surface area contributed by atoms with Crippen molar-refractivity contribution in [2.24, 2.45) is 0 Å². The summed E-state index contributed by atoms with van der Waals surface area (Å²) in [6, 6.07) is 11.6. The fourth-order valence-corrected chi connectivity index (χ4v) is 4.47. The molecule has 0 aliphatic rings. The van der Waals surface area contributed by atoms with Crippen LogP contribution in [-0.2, 0) is 4.79 Å². The number of hydrogen-bond donors (Lipinski definition) is 0. The third-order valence-corrected chi connectivity index (χ3v) is 6.70. The fraction of sp³-hybridized carbons (Fsp3) is 0.391. The van der Waals surface area contributed by atoms with Crippen molar-refractivity contribution < 1.29 is 9.53 Å². The Labute approximate surface area is 187 Å². The van der Waals surface area contributed by atoms with Gasteiger partial charge in [0.2, 0.25) is 0 Å². The number of likely N-dealkylation sites (N-methyl/N-ethyl adjacent to an activating group) is 1. The fourth-order valence-electron chi connectivity index (χ4n) is 3.25. The Bertz CT molecular complexity index is 1020. The maximum atomic E-state index is 13.2. The van der Waals surface area contributed by atoms with Gasteiger partial charge in [-0.05, 0) is 56.3 Å². The van der Waals surface area contributed by atoms with Gasteiger partial charge in [0.25, 0.3) is 5.91 Å². The van der Waals surface area contributed by atoms with Crippen LogP contribution in [0.1, 0.15) is 25.0 Å². The maximum Gasteiger partial charge on any atom is 0.266 e. The molecule has 1 amide bonds. The van der Waals surface area contributed by atoms with Gasteiger partial charge in [-0.25, -0.2) is 4.98 Å². The summed E-state index contributed by atoms with van der Waals surface area (Å²) >= 11 is 7.78. The highest BCUT2D eigenvalue weighted by Crippen LogP contribution is 2.33. The van der Waals surface area contributed by atoms with Gasteiger partial charge in [-0.15, -0.1) is 0 Å². The van der Waals surface area contributed by atoms with Crippen molar-refractivity contribution in [3.63, 3.8) is 0 Å². The maximum absolute atomic E-state index is 13.2. The number of carbonyl (C=O) groups excluding carboxylic acids is 1. The summed E-state index contributed by atoms with van der Waals surface area (Å²) in [5.74, 6) is 0.620. The number of benzene rings is 2. The van der Waals surface area contributed by atoms with Crippen molar-refractivity contribution in [3.05, 3.63) is 52.5 Å². The first-order chi connectivity index (χ1) is 14.4. The summed E-state index contributed by atoms with van der Waals surface area (Å²) in [5, 5.41) is 1.36. The van der Waals surface area contributed by atoms with Crippen molar-refractivity contribution in [3.8, 4) is 5.75 Å². The number of thiazole rings is 1. The second kappa shape index (κ2) is 10.2. The second-order valence-corrected chi connectivity index (χ2v) is 8.56. The minimum atomic E-state index is -0.104. The predicted molar refractivity (Wildman–Crippen MR) is 126 cm³/mol. The molecule has 2 aromatic carbocycles. The van der Waals surface area contributed by atoms with Crippen LogP contribution in [0.15, 0.2) is 36.4 Å². The zero-order valence-electron chi connectivity index (χ0n) is 17.9. The van der Waals surface area contributed by atoms with Gasteiger partial charge >= 0.3 is 0 Å². The van der Waals surface area contributed by atoms with Crippen molar-refractivity contribution in [1.29, 1.82) is 0 Å². The number of rotatable bonds is 9. The quantitative estimate of drug-likeness (QED) is 0.447. The van der Waals surface area contributed by atoms with Crippen LogP contribution >= 0.6 is 22.9 Å². The Morgan fingerprint density at radius 1 is 1.10 bits per heavy atom. The van der Waals surface area contributed by atoms with Crippen LogP contribution in [-0.4, -0.2) is 48.6 Å². The molecule has 3 rings (SSSR count). The molecule has 7 heteroatoms. The van der Waals surface area contributed by atoms with E-state index in [1.807, 2.05) is 50.2 Å². The Morgan fingerprint density at radius 3 is 2.53 bits per heavy atom. The largest absolute Gasteiger partial charge is 0.483 e. The van der Waals surface area contributed by atoms with E-state index in [1.54, 1.807) is 4.90 Å². The molecule has 5 nitrogen and oxygen atoms in total. The van der Waals surface area contributed by atoms with Gasteiger partial charge in [0.15, 0.2) is 11.7 Å². The zero-order valence-corrected chi connectivity index (χ0v) is 19.5. The predicted octanol–water partition coefficient (Wildman–Crippen LogP) is 5.32. The molecule has 0 radical (unpaired) electrons. The first-order valence-electron chi connectivity index (χ1n) is 10.2. The lowest BCUT2D eigenvalue weighted by atomic mass is 10.2. The standard InChI is InChI=1S/C23H28ClN3O2S/c1-5-26(6-2)13-14-27(21(28)15-29-19-10-8-7-9-16(19)3)23-25-22-17(4)18(24)11-12-20(22)30-23/h7-12H,5-6,13-15H2,1-4H3. The molecule has 0 spiro atoms. The minimum absolute atomic E-state index is 0.0290. The summed E-state index contributed by atoms with van der Waals surface area (Å²) in [7, 11) is 0. The molecule has 0 atom stereocenters. The molecule has 1 aromatic heterocycles. The average Bonchev–Trinajstić information content (AvgIpc) is 3.18. The van der Waals surface area contributed by atoms with Crippen LogP contribution in [0.2, 0.25) is 5.02 Å². The van der Waals surface area contributed by atoms with Crippen LogP contribution in [0.5, 0.6) is 5.75 Å². The van der Waals surface area contributed by atoms with E-state index in [2.05, 4.69) is 18.7 Å². The van der Waals surface area contributed by atoms with Crippen LogP contribution in [0, 0.1) is 13.8 Å². The van der Waals surface area contributed by atoms with E-state index in [9.17, 15) is 4.79 Å². The monoisotopic (exact) mass is 445 g/mol. The molecule has 0 bridgehead atoms. The van der Waals surface area contributed by atoms with Gasteiger partial charge in [0.1, 0.15) is 5.75 Å². The second-order valence-electron chi connectivity index (χ2n) is 7.14. The van der Waals surface area contributed by atoms with Crippen LogP contribution in [0.4, 0.5) is 5.13 Å². The van der Waals surface area contributed by atoms with Crippen LogP contribution in [0.25, 0.3) is 10.2 Å². The van der Waals surface area contributed by atoms with E-state index in [1.165, 1.54) is 11.3 Å². The summed E-state index contributed by atoms with van der Waals surface area (Å²) < 4.78 is 6.85. The molecule has 0 aliphatic carbocycles. The Hall–Kier alpha value is -2.15. The van der Waals surface area contributed by atoms with Crippen molar-refractivity contribution in [1.82, 2.24) is 9.88 Å². The number of aryl methyl sites for hydroxylation is 2. The zero-order chi connectivity index (χ0) is 21.7. The van der Waals surface area contributed by atoms with E-state index in [-0.39, 0.29) is 12.5 Å². The van der Waals surface area contributed by atoms with Gasteiger partial charge in [0, 0.05) is 18.1 Å². The number of nitrogens with zero attached hydrogens (tertiary/aromatic N) is 3. The number of ether oxygens (including phenoxy) is 1. The number of amides is 1. The number of fused-ring (bicyclic) bond motifs is 1. The molecule has 1 heterocycles. The third-order valence-electron chi connectivity index (χ3n) is 5.25. The first-order valence-corrected chi connectivity index (χ1v) is 11.4. The van der Waals surface area contributed by atoms with Crippen LogP contribution in [0.3, 0.4) is 0 Å². The molecular weight excluding hydrogens is 418 g/mol. The summed E-state index contributed by atoms with van der Waals surface area (Å²) in [6.45, 7) is 11.4.